The maximum absolute atomic E-state index is 12.8. The number of imidazole rings is 2. The highest BCUT2D eigenvalue weighted by molar-refractivity contribution is 6.33. The number of halogens is 1. The van der Waals surface area contributed by atoms with Gasteiger partial charge in [0.1, 0.15) is 53.2 Å². The first kappa shape index (κ1) is 42.2. The lowest BCUT2D eigenvalue weighted by atomic mass is 9.72. The molecular weight excluding hydrogens is 782 g/mol. The first-order valence-corrected chi connectivity index (χ1v) is 18.0. The van der Waals surface area contributed by atoms with E-state index < -0.39 is 78.2 Å². The Hall–Kier alpha value is -5.38. The van der Waals surface area contributed by atoms with Crippen molar-refractivity contribution in [3.05, 3.63) is 66.4 Å². The van der Waals surface area contributed by atoms with Crippen molar-refractivity contribution in [2.45, 2.75) is 115 Å². The topological polar surface area (TPSA) is 271 Å². The first-order valence-electron chi connectivity index (χ1n) is 17.6. The van der Waals surface area contributed by atoms with Gasteiger partial charge in [0.15, 0.2) is 46.9 Å². The third kappa shape index (κ3) is 6.88. The third-order valence-electron chi connectivity index (χ3n) is 10.7. The fourth-order valence-electron chi connectivity index (χ4n) is 7.73. The Morgan fingerprint density at radius 3 is 1.98 bits per heavy atom. The lowest BCUT2D eigenvalue weighted by Gasteiger charge is -2.47. The van der Waals surface area contributed by atoms with Crippen LogP contribution < -0.4 is 5.73 Å². The number of anilines is 1. The number of carbonyl (C=O) groups is 3. The van der Waals surface area contributed by atoms with Crippen molar-refractivity contribution >= 4 is 57.7 Å². The van der Waals surface area contributed by atoms with Gasteiger partial charge < -0.3 is 44.7 Å². The van der Waals surface area contributed by atoms with Crippen LogP contribution in [0.4, 0.5) is 5.82 Å². The van der Waals surface area contributed by atoms with Crippen LogP contribution in [-0.4, -0.2) is 120 Å². The zero-order valence-electron chi connectivity index (χ0n) is 29.8. The van der Waals surface area contributed by atoms with Crippen LogP contribution >= 0.6 is 11.6 Å². The second-order valence-corrected chi connectivity index (χ2v) is 14.2. The Morgan fingerprint density at radius 2 is 1.40 bits per heavy atom. The number of nitrogens with zero attached hydrogens (tertiary/aromatic N) is 8. The summed E-state index contributed by atoms with van der Waals surface area (Å²) in [6.45, 7) is 2.49. The molecule has 21 heteroatoms. The zero-order chi connectivity index (χ0) is 39.5. The van der Waals surface area contributed by atoms with Crippen LogP contribution in [0.5, 0.6) is 0 Å². The van der Waals surface area contributed by atoms with Crippen molar-refractivity contribution < 1.29 is 53.4 Å². The monoisotopic (exact) mass is 825 g/mol. The van der Waals surface area contributed by atoms with E-state index >= 15 is 0 Å². The Morgan fingerprint density at radius 1 is 0.793 bits per heavy atom. The molecule has 10 atom stereocenters. The minimum Gasteiger partial charge on any atom is -0.456 e. The number of carbonyl (C=O) groups excluding carboxylic acids is 3. The fraction of sp³-hybridized carbons (Fsp3) is 0.486. The van der Waals surface area contributed by atoms with E-state index in [0.29, 0.717) is 53.6 Å². The molecule has 0 amide bonds. The van der Waals surface area contributed by atoms with Gasteiger partial charge in [-0.15, -0.1) is 0 Å². The summed E-state index contributed by atoms with van der Waals surface area (Å²) in [7, 11) is 0. The molecule has 310 valence electrons. The molecule has 6 heterocycles. The number of nitrogen functional groups attached to an aromatic ring is 1. The molecule has 58 heavy (non-hydrogen) atoms. The minimum absolute atomic E-state index is 0. The molecule has 0 bridgehead atoms. The van der Waals surface area contributed by atoms with Gasteiger partial charge in [0.05, 0.1) is 24.3 Å². The van der Waals surface area contributed by atoms with Gasteiger partial charge in [0.25, 0.3) is 0 Å². The molecule has 9 rings (SSSR count). The smallest absolute Gasteiger partial charge is 0.338 e. The van der Waals surface area contributed by atoms with E-state index in [0.717, 1.165) is 0 Å². The number of nitrogens with two attached hydrogens (primary N) is 1. The number of esters is 3. The van der Waals surface area contributed by atoms with Crippen molar-refractivity contribution in [1.82, 2.24) is 39.0 Å². The molecule has 0 radical (unpaired) electrons. The van der Waals surface area contributed by atoms with E-state index in [-0.39, 0.29) is 25.8 Å². The summed E-state index contributed by atoms with van der Waals surface area (Å²) >= 11 is 6.15. The van der Waals surface area contributed by atoms with E-state index in [2.05, 4.69) is 29.9 Å². The Kier molecular flexibility index (Phi) is 11.7. The molecule has 2 saturated heterocycles. The maximum atomic E-state index is 12.8. The van der Waals surface area contributed by atoms with E-state index in [1.807, 2.05) is 0 Å². The number of hydrogen-bond donors (Lipinski definition) is 4. The molecule has 2 unspecified atom stereocenters. The number of benzene rings is 1. The molecule has 20 nitrogen and oxygen atoms in total. The van der Waals surface area contributed by atoms with Crippen LogP contribution in [0.25, 0.3) is 22.3 Å². The zero-order valence-corrected chi connectivity index (χ0v) is 30.5. The summed E-state index contributed by atoms with van der Waals surface area (Å²) in [5.74, 6) is -1.52. The summed E-state index contributed by atoms with van der Waals surface area (Å²) in [5.41, 5.74) is 5.21. The summed E-state index contributed by atoms with van der Waals surface area (Å²) in [6.07, 6.45) is -0.563. The standard InChI is InChI=1S/C23H21ClN4O7.C12H15N5O4.2CH4/c1-12(29)32-17-18(33-13(2)30)23(9-8-15(23)34-22(31)14-6-4-3-5-7-14)35-21(17)28-11-27-16-19(24)25-10-26-20(16)28;13-9-6-10(15-3-14-9)17(4-16-6)11-7(19)8(20)12(21-11)2-1-5(12)18;;/h3-7,10-11,15,17-18,21H,8-9H2,1-2H3;3-5,7-8,11,18-20H,1-2H2,(H2,13,14,15);2*1H4/t15-,17?,18-,21-,23-;5-,7?,8-,11-,12-;;/m11../s1. The lowest BCUT2D eigenvalue weighted by Crippen LogP contribution is -2.62. The SMILES string of the molecule is C.C.CC(=O)OC1[C@H](n2cnc3c(Cl)ncnc32)O[C@@]2(CC[C@H]2OC(=O)c2ccccc2)[C@@H]1OC(C)=O.Nc1ncnc2c1ncn2[C@@H]1O[C@@]2(CC[C@H]2O)[C@H](O)C1O. The predicted molar refractivity (Wildman–Crippen MR) is 202 cm³/mol. The number of ether oxygens (including phenoxy) is 5. The largest absolute Gasteiger partial charge is 0.456 e. The molecule has 4 fully saturated rings. The fourth-order valence-corrected chi connectivity index (χ4v) is 7.91. The predicted octanol–water partition coefficient (Wildman–Crippen LogP) is 2.45. The van der Waals surface area contributed by atoms with Gasteiger partial charge in [0.2, 0.25) is 0 Å². The third-order valence-corrected chi connectivity index (χ3v) is 11.0. The van der Waals surface area contributed by atoms with Gasteiger partial charge in [-0.25, -0.2) is 34.7 Å². The molecule has 2 aliphatic carbocycles. The van der Waals surface area contributed by atoms with E-state index in [1.54, 1.807) is 30.3 Å². The van der Waals surface area contributed by atoms with E-state index in [9.17, 15) is 29.7 Å². The summed E-state index contributed by atoms with van der Waals surface area (Å²) in [6, 6.07) is 8.52. The average molecular weight is 826 g/mol. The summed E-state index contributed by atoms with van der Waals surface area (Å²) < 4.78 is 32.3. The van der Waals surface area contributed by atoms with Crippen molar-refractivity contribution in [1.29, 1.82) is 0 Å². The number of aliphatic hydroxyl groups excluding tert-OH is 3. The second kappa shape index (κ2) is 16.1. The Balaban J connectivity index is 0.000000211. The summed E-state index contributed by atoms with van der Waals surface area (Å²) in [5, 5.41) is 30.5. The maximum Gasteiger partial charge on any atom is 0.338 e. The molecule has 2 saturated carbocycles. The number of aliphatic hydroxyl groups is 3. The van der Waals surface area contributed by atoms with Gasteiger partial charge in [-0.3, -0.25) is 18.7 Å². The van der Waals surface area contributed by atoms with Crippen LogP contribution in [0.1, 0.15) is 77.2 Å². The normalized spacial score (nSPS) is 30.7. The Bertz CT molecular complexity index is 2310. The van der Waals surface area contributed by atoms with Crippen molar-refractivity contribution in [3.8, 4) is 0 Å². The number of aromatic nitrogens is 8. The summed E-state index contributed by atoms with van der Waals surface area (Å²) in [4.78, 5) is 61.4. The molecule has 4 aliphatic rings. The molecule has 1 aromatic carbocycles. The van der Waals surface area contributed by atoms with Gasteiger partial charge in [0, 0.05) is 13.8 Å². The van der Waals surface area contributed by atoms with Crippen LogP contribution in [0.15, 0.2) is 55.6 Å². The molecule has 2 aliphatic heterocycles. The van der Waals surface area contributed by atoms with Crippen molar-refractivity contribution in [2.24, 2.45) is 0 Å². The molecule has 5 aromatic rings. The lowest BCUT2D eigenvalue weighted by molar-refractivity contribution is -0.221. The van der Waals surface area contributed by atoms with Gasteiger partial charge in [-0.2, -0.15) is 0 Å². The molecular formula is C37H44ClN9O11. The van der Waals surface area contributed by atoms with Gasteiger partial charge in [-0.05, 0) is 37.8 Å². The highest BCUT2D eigenvalue weighted by atomic mass is 35.5. The van der Waals surface area contributed by atoms with Gasteiger partial charge in [-0.1, -0.05) is 44.7 Å². The van der Waals surface area contributed by atoms with E-state index in [4.69, 9.17) is 41.0 Å². The number of rotatable bonds is 6. The minimum atomic E-state index is -1.24. The second-order valence-electron chi connectivity index (χ2n) is 13.9. The first-order chi connectivity index (χ1) is 26.8. The molecule has 4 aromatic heterocycles. The van der Waals surface area contributed by atoms with Gasteiger partial charge >= 0.3 is 17.9 Å². The average Bonchev–Trinajstić information content (AvgIpc) is 3.94. The van der Waals surface area contributed by atoms with Crippen molar-refractivity contribution in [2.75, 3.05) is 5.73 Å². The highest BCUT2D eigenvalue weighted by Crippen LogP contribution is 2.53. The van der Waals surface area contributed by atoms with Crippen LogP contribution in [0.2, 0.25) is 5.15 Å². The Labute approximate surface area is 336 Å². The van der Waals surface area contributed by atoms with Crippen LogP contribution in [0.3, 0.4) is 0 Å². The van der Waals surface area contributed by atoms with E-state index in [1.165, 1.54) is 48.3 Å². The van der Waals surface area contributed by atoms with Crippen LogP contribution in [-0.2, 0) is 33.3 Å². The molecule has 2 spiro atoms. The number of hydrogen-bond acceptors (Lipinski definition) is 18. The quantitative estimate of drug-likeness (QED) is 0.109. The number of fused-ring (bicyclic) bond motifs is 2. The highest BCUT2D eigenvalue weighted by Gasteiger charge is 2.68. The van der Waals surface area contributed by atoms with Crippen LogP contribution in [0, 0.1) is 0 Å². The molecule has 5 N–H and O–H groups in total. The van der Waals surface area contributed by atoms with Crippen molar-refractivity contribution in [3.63, 3.8) is 0 Å².